The van der Waals surface area contributed by atoms with Crippen LogP contribution in [0.25, 0.3) is 0 Å². The zero-order valence-electron chi connectivity index (χ0n) is 13.0. The molecule has 116 valence electrons. The maximum absolute atomic E-state index is 12.8. The second-order valence-electron chi connectivity index (χ2n) is 6.61. The Balaban J connectivity index is 1.88. The molecule has 1 amide bonds. The molecule has 2 bridgehead atoms. The summed E-state index contributed by atoms with van der Waals surface area (Å²) in [6.07, 6.45) is 4.28. The average molecular weight is 293 g/mol. The Morgan fingerprint density at radius 2 is 2.24 bits per heavy atom. The summed E-state index contributed by atoms with van der Waals surface area (Å²) < 4.78 is 11.4. The van der Waals surface area contributed by atoms with Gasteiger partial charge in [0.1, 0.15) is 11.5 Å². The monoisotopic (exact) mass is 293 g/mol. The van der Waals surface area contributed by atoms with Gasteiger partial charge in [-0.2, -0.15) is 0 Å². The van der Waals surface area contributed by atoms with Crippen molar-refractivity contribution in [2.24, 2.45) is 11.8 Å². The lowest BCUT2D eigenvalue weighted by atomic mass is 9.77. The number of ether oxygens (including phenoxy) is 2. The van der Waals surface area contributed by atoms with E-state index in [1.807, 2.05) is 37.8 Å². The SMILES string of the molecule is CC[C@@H](C)N1C[C@@]23C=C[C@H](O2)[C@H](C(=O)OC(C)C)[C@H]3C1=O. The van der Waals surface area contributed by atoms with E-state index < -0.39 is 17.4 Å². The van der Waals surface area contributed by atoms with Crippen molar-refractivity contribution < 1.29 is 19.1 Å². The summed E-state index contributed by atoms with van der Waals surface area (Å²) >= 11 is 0. The van der Waals surface area contributed by atoms with Crippen LogP contribution in [0.2, 0.25) is 0 Å². The van der Waals surface area contributed by atoms with E-state index in [0.717, 1.165) is 6.42 Å². The molecular formula is C16H23NO4. The van der Waals surface area contributed by atoms with E-state index in [9.17, 15) is 9.59 Å². The summed E-state index contributed by atoms with van der Waals surface area (Å²) in [7, 11) is 0. The number of carbonyl (C=O) groups is 2. The normalized spacial score (nSPS) is 38.2. The van der Waals surface area contributed by atoms with Crippen LogP contribution in [0.1, 0.15) is 34.1 Å². The topological polar surface area (TPSA) is 55.8 Å². The maximum Gasteiger partial charge on any atom is 0.313 e. The molecule has 5 heteroatoms. The minimum absolute atomic E-state index is 0.0295. The van der Waals surface area contributed by atoms with Crippen molar-refractivity contribution in [1.29, 1.82) is 0 Å². The molecule has 3 heterocycles. The van der Waals surface area contributed by atoms with Gasteiger partial charge in [-0.15, -0.1) is 0 Å². The average Bonchev–Trinajstić information content (AvgIpc) is 3.05. The molecule has 0 N–H and O–H groups in total. The summed E-state index contributed by atoms with van der Waals surface area (Å²) in [5.41, 5.74) is -0.619. The number of hydrogen-bond acceptors (Lipinski definition) is 4. The molecule has 0 saturated carbocycles. The number of esters is 1. The van der Waals surface area contributed by atoms with Crippen molar-refractivity contribution >= 4 is 11.9 Å². The Hall–Kier alpha value is -1.36. The Morgan fingerprint density at radius 3 is 2.86 bits per heavy atom. The molecule has 0 unspecified atom stereocenters. The van der Waals surface area contributed by atoms with Gasteiger partial charge in [0, 0.05) is 6.04 Å². The van der Waals surface area contributed by atoms with Crippen LogP contribution in [0, 0.1) is 11.8 Å². The summed E-state index contributed by atoms with van der Waals surface area (Å²) in [5.74, 6) is -1.21. The molecule has 0 aromatic carbocycles. The Bertz CT molecular complexity index is 501. The van der Waals surface area contributed by atoms with Crippen molar-refractivity contribution in [2.75, 3.05) is 6.54 Å². The highest BCUT2D eigenvalue weighted by Gasteiger charge is 2.67. The second kappa shape index (κ2) is 4.83. The molecule has 0 aromatic heterocycles. The van der Waals surface area contributed by atoms with Gasteiger partial charge in [-0.05, 0) is 27.2 Å². The second-order valence-corrected chi connectivity index (χ2v) is 6.61. The van der Waals surface area contributed by atoms with E-state index in [4.69, 9.17) is 9.47 Å². The van der Waals surface area contributed by atoms with Crippen LogP contribution in [0.5, 0.6) is 0 Å². The van der Waals surface area contributed by atoms with Crippen LogP contribution in [-0.2, 0) is 19.1 Å². The molecule has 2 saturated heterocycles. The summed E-state index contributed by atoms with van der Waals surface area (Å²) in [6.45, 7) is 8.28. The van der Waals surface area contributed by atoms with Gasteiger partial charge in [0.2, 0.25) is 5.91 Å². The van der Waals surface area contributed by atoms with E-state index in [1.54, 1.807) is 0 Å². The van der Waals surface area contributed by atoms with Gasteiger partial charge in [0.15, 0.2) is 0 Å². The molecule has 5 nitrogen and oxygen atoms in total. The maximum atomic E-state index is 12.8. The molecular weight excluding hydrogens is 270 g/mol. The number of likely N-dealkylation sites (tertiary alicyclic amines) is 1. The number of rotatable bonds is 4. The molecule has 3 aliphatic rings. The third-order valence-electron chi connectivity index (χ3n) is 4.88. The van der Waals surface area contributed by atoms with Crippen molar-refractivity contribution in [3.05, 3.63) is 12.2 Å². The quantitative estimate of drug-likeness (QED) is 0.582. The number of amides is 1. The van der Waals surface area contributed by atoms with Gasteiger partial charge in [0.25, 0.3) is 0 Å². The van der Waals surface area contributed by atoms with Crippen LogP contribution in [-0.4, -0.2) is 47.2 Å². The molecule has 5 atom stereocenters. The number of carbonyl (C=O) groups excluding carboxylic acids is 2. The highest BCUT2D eigenvalue weighted by atomic mass is 16.6. The Labute approximate surface area is 125 Å². The molecule has 1 spiro atoms. The number of hydrogen-bond donors (Lipinski definition) is 0. The van der Waals surface area contributed by atoms with Gasteiger partial charge in [0.05, 0.1) is 24.7 Å². The zero-order chi connectivity index (χ0) is 15.4. The van der Waals surface area contributed by atoms with Crippen LogP contribution in [0.15, 0.2) is 12.2 Å². The first-order valence-corrected chi connectivity index (χ1v) is 7.77. The summed E-state index contributed by atoms with van der Waals surface area (Å²) in [6, 6.07) is 0.162. The Kier molecular flexibility index (Phi) is 3.35. The summed E-state index contributed by atoms with van der Waals surface area (Å²) in [5, 5.41) is 0. The van der Waals surface area contributed by atoms with Crippen molar-refractivity contribution in [1.82, 2.24) is 4.90 Å². The highest BCUT2D eigenvalue weighted by Crippen LogP contribution is 2.52. The highest BCUT2D eigenvalue weighted by molar-refractivity contribution is 5.91. The predicted octanol–water partition coefficient (Wildman–Crippen LogP) is 1.52. The van der Waals surface area contributed by atoms with Crippen LogP contribution >= 0.6 is 0 Å². The molecule has 0 aromatic rings. The molecule has 0 aliphatic carbocycles. The van der Waals surface area contributed by atoms with Crippen LogP contribution in [0.4, 0.5) is 0 Å². The molecule has 3 aliphatic heterocycles. The number of fused-ring (bicyclic) bond motifs is 1. The molecule has 3 rings (SSSR count). The third-order valence-corrected chi connectivity index (χ3v) is 4.88. The van der Waals surface area contributed by atoms with E-state index in [0.29, 0.717) is 6.54 Å². The third kappa shape index (κ3) is 2.01. The molecule has 21 heavy (non-hydrogen) atoms. The van der Waals surface area contributed by atoms with Gasteiger partial charge in [-0.25, -0.2) is 0 Å². The lowest BCUT2D eigenvalue weighted by Crippen LogP contribution is -2.41. The zero-order valence-corrected chi connectivity index (χ0v) is 13.0. The largest absolute Gasteiger partial charge is 0.463 e. The molecule has 0 radical (unpaired) electrons. The lowest BCUT2D eigenvalue weighted by molar-refractivity contribution is -0.157. The minimum Gasteiger partial charge on any atom is -0.463 e. The van der Waals surface area contributed by atoms with Gasteiger partial charge >= 0.3 is 5.97 Å². The van der Waals surface area contributed by atoms with E-state index in [1.165, 1.54) is 0 Å². The van der Waals surface area contributed by atoms with E-state index in [-0.39, 0.29) is 30.1 Å². The summed E-state index contributed by atoms with van der Waals surface area (Å²) in [4.78, 5) is 27.0. The van der Waals surface area contributed by atoms with E-state index >= 15 is 0 Å². The smallest absolute Gasteiger partial charge is 0.313 e. The first kappa shape index (κ1) is 14.6. The lowest BCUT2D eigenvalue weighted by Gasteiger charge is -2.26. The minimum atomic E-state index is -0.619. The first-order chi connectivity index (χ1) is 9.89. The first-order valence-electron chi connectivity index (χ1n) is 7.77. The fraction of sp³-hybridized carbons (Fsp3) is 0.750. The van der Waals surface area contributed by atoms with Crippen molar-refractivity contribution in [2.45, 2.75) is 58.0 Å². The van der Waals surface area contributed by atoms with Crippen LogP contribution < -0.4 is 0 Å². The fourth-order valence-corrected chi connectivity index (χ4v) is 3.70. The van der Waals surface area contributed by atoms with Crippen molar-refractivity contribution in [3.8, 4) is 0 Å². The Morgan fingerprint density at radius 1 is 1.52 bits per heavy atom. The predicted molar refractivity (Wildman–Crippen MR) is 76.4 cm³/mol. The van der Waals surface area contributed by atoms with Gasteiger partial charge in [-0.3, -0.25) is 9.59 Å². The van der Waals surface area contributed by atoms with Gasteiger partial charge < -0.3 is 14.4 Å². The van der Waals surface area contributed by atoms with E-state index in [2.05, 4.69) is 6.92 Å². The fourth-order valence-electron chi connectivity index (χ4n) is 3.70. The van der Waals surface area contributed by atoms with Gasteiger partial charge in [-0.1, -0.05) is 19.1 Å². The molecule has 2 fully saturated rings. The number of nitrogens with zero attached hydrogens (tertiary/aromatic N) is 1. The standard InChI is InChI=1S/C16H23NO4/c1-5-10(4)17-8-16-7-6-11(21-16)12(13(16)14(17)18)15(19)20-9(2)3/h6-7,9-13H,5,8H2,1-4H3/t10-,11+,12+,13+,16-/m1/s1. The van der Waals surface area contributed by atoms with Crippen LogP contribution in [0.3, 0.4) is 0 Å². The van der Waals surface area contributed by atoms with Crippen molar-refractivity contribution in [3.63, 3.8) is 0 Å².